The van der Waals surface area contributed by atoms with Crippen LogP contribution in [0.4, 0.5) is 0 Å². The van der Waals surface area contributed by atoms with Crippen molar-refractivity contribution in [1.29, 1.82) is 0 Å². The minimum atomic E-state index is -0.162. The second-order valence-corrected chi connectivity index (χ2v) is 7.66. The van der Waals surface area contributed by atoms with E-state index in [1.54, 1.807) is 0 Å². The minimum absolute atomic E-state index is 0.162. The smallest absolute Gasteiger partial charge is 0.248 e. The summed E-state index contributed by atoms with van der Waals surface area (Å²) in [5.41, 5.74) is 6.26. The van der Waals surface area contributed by atoms with Crippen molar-refractivity contribution in [1.82, 2.24) is 16.2 Å². The molecule has 0 bridgehead atoms. The highest BCUT2D eigenvalue weighted by molar-refractivity contribution is 9.10. The highest BCUT2D eigenvalue weighted by Gasteiger charge is 2.13. The van der Waals surface area contributed by atoms with E-state index in [1.807, 2.05) is 42.5 Å². The first-order valence-corrected chi connectivity index (χ1v) is 9.88. The van der Waals surface area contributed by atoms with Gasteiger partial charge in [-0.25, -0.2) is 0 Å². The fourth-order valence-electron chi connectivity index (χ4n) is 2.12. The molecule has 136 valence electrons. The topological polar surface area (TPSA) is 71.6 Å². The number of benzene rings is 2. The molecule has 3 N–H and O–H groups in total. The van der Waals surface area contributed by atoms with E-state index in [4.69, 9.17) is 21.7 Å². The zero-order valence-corrected chi connectivity index (χ0v) is 16.8. The van der Waals surface area contributed by atoms with Crippen LogP contribution in [-0.4, -0.2) is 23.6 Å². The van der Waals surface area contributed by atoms with Crippen molar-refractivity contribution in [3.8, 4) is 11.5 Å². The summed E-state index contributed by atoms with van der Waals surface area (Å²) in [5, 5.41) is 3.36. The minimum Gasteiger partial charge on any atom is -0.454 e. The summed E-state index contributed by atoms with van der Waals surface area (Å²) >= 11 is 9.99. The van der Waals surface area contributed by atoms with Gasteiger partial charge in [0.1, 0.15) is 0 Å². The van der Waals surface area contributed by atoms with E-state index >= 15 is 0 Å². The van der Waals surface area contributed by atoms with E-state index in [1.165, 1.54) is 11.8 Å². The molecule has 1 aliphatic heterocycles. The van der Waals surface area contributed by atoms with Crippen molar-refractivity contribution in [2.24, 2.45) is 0 Å². The number of amides is 1. The molecule has 1 amide bonds. The number of carbonyl (C=O) groups excluding carboxylic acids is 1. The first-order chi connectivity index (χ1) is 12.6. The largest absolute Gasteiger partial charge is 0.454 e. The van der Waals surface area contributed by atoms with Gasteiger partial charge in [0.05, 0.1) is 5.75 Å². The van der Waals surface area contributed by atoms with E-state index in [0.29, 0.717) is 17.4 Å². The zero-order valence-electron chi connectivity index (χ0n) is 13.6. The highest BCUT2D eigenvalue weighted by atomic mass is 79.9. The van der Waals surface area contributed by atoms with Crippen LogP contribution in [0.5, 0.6) is 11.5 Å². The number of halogens is 1. The molecule has 6 nitrogen and oxygen atoms in total. The fraction of sp³-hybridized carbons (Fsp3) is 0.176. The maximum Gasteiger partial charge on any atom is 0.248 e. The predicted octanol–water partition coefficient (Wildman–Crippen LogP) is 2.97. The Balaban J connectivity index is 1.35. The second-order valence-electron chi connectivity index (χ2n) is 5.29. The monoisotopic (exact) mass is 453 g/mol. The van der Waals surface area contributed by atoms with Crippen molar-refractivity contribution >= 4 is 50.9 Å². The van der Waals surface area contributed by atoms with Crippen LogP contribution in [0.25, 0.3) is 0 Å². The molecule has 0 fully saturated rings. The molecule has 0 aliphatic carbocycles. The van der Waals surface area contributed by atoms with Gasteiger partial charge in [-0.2, -0.15) is 0 Å². The third-order valence-electron chi connectivity index (χ3n) is 3.39. The average molecular weight is 454 g/mol. The third kappa shape index (κ3) is 5.52. The lowest BCUT2D eigenvalue weighted by molar-refractivity contribution is -0.119. The Morgan fingerprint density at radius 2 is 1.88 bits per heavy atom. The summed E-state index contributed by atoms with van der Waals surface area (Å²) in [5.74, 6) is 1.59. The zero-order chi connectivity index (χ0) is 18.4. The summed E-state index contributed by atoms with van der Waals surface area (Å²) in [6, 6.07) is 13.5. The molecule has 26 heavy (non-hydrogen) atoms. The number of rotatable bonds is 5. The molecular formula is C17H16BrN3O3S2. The molecule has 0 spiro atoms. The van der Waals surface area contributed by atoms with Crippen LogP contribution in [-0.2, 0) is 11.3 Å². The summed E-state index contributed by atoms with van der Waals surface area (Å²) < 4.78 is 11.6. The van der Waals surface area contributed by atoms with Gasteiger partial charge in [0.25, 0.3) is 0 Å². The molecule has 0 aromatic heterocycles. The maximum absolute atomic E-state index is 11.9. The molecule has 1 heterocycles. The molecule has 2 aromatic rings. The summed E-state index contributed by atoms with van der Waals surface area (Å²) in [6.07, 6.45) is 0. The van der Waals surface area contributed by atoms with Gasteiger partial charge in [-0.3, -0.25) is 15.6 Å². The Morgan fingerprint density at radius 1 is 1.12 bits per heavy atom. The Hall–Kier alpha value is -1.97. The van der Waals surface area contributed by atoms with Gasteiger partial charge in [0.15, 0.2) is 16.6 Å². The van der Waals surface area contributed by atoms with E-state index in [0.717, 1.165) is 26.4 Å². The number of hydrogen-bond donors (Lipinski definition) is 3. The van der Waals surface area contributed by atoms with E-state index in [2.05, 4.69) is 32.1 Å². The van der Waals surface area contributed by atoms with Crippen LogP contribution in [0.1, 0.15) is 5.56 Å². The van der Waals surface area contributed by atoms with E-state index in [-0.39, 0.29) is 12.7 Å². The van der Waals surface area contributed by atoms with Crippen molar-refractivity contribution < 1.29 is 14.3 Å². The van der Waals surface area contributed by atoms with Crippen LogP contribution < -0.4 is 25.6 Å². The molecule has 1 aliphatic rings. The predicted molar refractivity (Wildman–Crippen MR) is 108 cm³/mol. The van der Waals surface area contributed by atoms with Gasteiger partial charge in [0.2, 0.25) is 12.7 Å². The number of thiocarbonyl (C=S) groups is 1. The molecule has 0 atom stereocenters. The third-order valence-corrected chi connectivity index (χ3v) is 5.18. The van der Waals surface area contributed by atoms with Crippen molar-refractivity contribution in [2.45, 2.75) is 11.4 Å². The van der Waals surface area contributed by atoms with Gasteiger partial charge in [-0.05, 0) is 54.2 Å². The van der Waals surface area contributed by atoms with Crippen molar-refractivity contribution in [3.05, 3.63) is 52.5 Å². The number of hydrogen-bond acceptors (Lipinski definition) is 5. The number of nitrogens with one attached hydrogen (secondary N) is 3. The summed E-state index contributed by atoms with van der Waals surface area (Å²) in [4.78, 5) is 12.9. The number of hydrazine groups is 1. The van der Waals surface area contributed by atoms with Crippen LogP contribution in [0, 0.1) is 0 Å². The molecule has 0 unspecified atom stereocenters. The van der Waals surface area contributed by atoms with Crippen LogP contribution in [0.15, 0.2) is 51.8 Å². The standard InChI is InChI=1S/C17H16BrN3O3S2/c18-12-2-4-13(5-3-12)26-9-16(22)20-21-17(25)19-8-11-1-6-14-15(7-11)24-10-23-14/h1-7H,8-10H2,(H,20,22)(H2,19,21,25). The Bertz CT molecular complexity index is 802. The summed E-state index contributed by atoms with van der Waals surface area (Å²) in [6.45, 7) is 0.752. The molecular weight excluding hydrogens is 438 g/mol. The molecule has 2 aromatic carbocycles. The second kappa shape index (κ2) is 9.11. The Morgan fingerprint density at radius 3 is 2.69 bits per heavy atom. The van der Waals surface area contributed by atoms with Crippen molar-refractivity contribution in [3.63, 3.8) is 0 Å². The van der Waals surface area contributed by atoms with Gasteiger partial charge >= 0.3 is 0 Å². The lowest BCUT2D eigenvalue weighted by atomic mass is 10.2. The average Bonchev–Trinajstić information content (AvgIpc) is 3.12. The Labute approximate surface area is 169 Å². The normalized spacial score (nSPS) is 11.7. The fourth-order valence-corrected chi connectivity index (χ4v) is 3.21. The highest BCUT2D eigenvalue weighted by Crippen LogP contribution is 2.32. The molecule has 0 saturated carbocycles. The quantitative estimate of drug-likeness (QED) is 0.365. The SMILES string of the molecule is O=C(CSc1ccc(Br)cc1)NNC(=S)NCc1ccc2c(c1)OCO2. The molecule has 0 saturated heterocycles. The van der Waals surface area contributed by atoms with Crippen LogP contribution in [0.2, 0.25) is 0 Å². The molecule has 3 rings (SSSR count). The van der Waals surface area contributed by atoms with Crippen LogP contribution >= 0.6 is 39.9 Å². The Kier molecular flexibility index (Phi) is 6.59. The first-order valence-electron chi connectivity index (χ1n) is 7.70. The first kappa shape index (κ1) is 18.8. The maximum atomic E-state index is 11.9. The van der Waals surface area contributed by atoms with Crippen molar-refractivity contribution in [2.75, 3.05) is 12.5 Å². The lowest BCUT2D eigenvalue weighted by Gasteiger charge is -2.12. The lowest BCUT2D eigenvalue weighted by Crippen LogP contribution is -2.47. The van der Waals surface area contributed by atoms with Gasteiger partial charge < -0.3 is 14.8 Å². The van der Waals surface area contributed by atoms with Gasteiger partial charge in [0, 0.05) is 15.9 Å². The number of ether oxygens (including phenoxy) is 2. The molecule has 0 radical (unpaired) electrons. The van der Waals surface area contributed by atoms with E-state index in [9.17, 15) is 4.79 Å². The van der Waals surface area contributed by atoms with E-state index < -0.39 is 0 Å². The number of carbonyl (C=O) groups is 1. The van der Waals surface area contributed by atoms with Gasteiger partial charge in [-0.1, -0.05) is 22.0 Å². The number of fused-ring (bicyclic) bond motifs is 1. The van der Waals surface area contributed by atoms with Gasteiger partial charge in [-0.15, -0.1) is 11.8 Å². The summed E-state index contributed by atoms with van der Waals surface area (Å²) in [7, 11) is 0. The number of thioether (sulfide) groups is 1. The van der Waals surface area contributed by atoms with Crippen LogP contribution in [0.3, 0.4) is 0 Å². The molecule has 9 heteroatoms.